The van der Waals surface area contributed by atoms with Crippen molar-refractivity contribution < 1.29 is 0 Å². The Kier molecular flexibility index (Phi) is 9.87. The molecule has 1 aliphatic heterocycles. The summed E-state index contributed by atoms with van der Waals surface area (Å²) < 4.78 is 7.31. The van der Waals surface area contributed by atoms with Crippen molar-refractivity contribution in [2.75, 3.05) is 0 Å². The van der Waals surface area contributed by atoms with E-state index < -0.39 is 0 Å². The van der Waals surface area contributed by atoms with Gasteiger partial charge in [0.2, 0.25) is 0 Å². The average Bonchev–Trinajstić information content (AvgIpc) is 3.99. The van der Waals surface area contributed by atoms with Crippen LogP contribution >= 0.6 is 0 Å². The maximum atomic E-state index is 4.22. The van der Waals surface area contributed by atoms with Gasteiger partial charge < -0.3 is 19.0 Å². The molecule has 67 heavy (non-hydrogen) atoms. The first-order chi connectivity index (χ1) is 32.9. The van der Waals surface area contributed by atoms with E-state index in [1.54, 1.807) is 0 Å². The number of benzene rings is 6. The molecule has 0 saturated heterocycles. The van der Waals surface area contributed by atoms with Crippen LogP contribution in [0.4, 0.5) is 0 Å². The van der Waals surface area contributed by atoms with E-state index in [0.717, 1.165) is 49.2 Å². The molecular weight excluding hydrogens is 813 g/mol. The summed E-state index contributed by atoms with van der Waals surface area (Å²) in [6.07, 6.45) is 24.5. The molecule has 0 unspecified atom stereocenters. The van der Waals surface area contributed by atoms with E-state index in [2.05, 4.69) is 223 Å². The standard InChI is InChI=1S/C63H54N4/c1-6-16-58-49(7-2)53-17-8-12-21-59(53)65(58)46-25-28-50(40(3)33-46)43-36-44(51-29-26-47(34-41(51)4)66-60-22-13-9-18-54(60)55-19-10-14-23-61(55)66)38-45(37-43)52-30-27-48(35-42(52)5)67-62-24-15-11-20-56(62)57-39-64-32-31-63(57)67/h6-8,11-17,20-38,64H,2,9-10,18-19,39H2,1,3-5H3/b16-6-. The highest BCUT2D eigenvalue weighted by Crippen LogP contribution is 2.41. The zero-order chi connectivity index (χ0) is 45.3. The topological polar surface area (TPSA) is 26.8 Å². The number of aryl methyl sites for hydroxylation is 3. The van der Waals surface area contributed by atoms with Crippen molar-refractivity contribution in [1.29, 1.82) is 0 Å². The largest absolute Gasteiger partial charge is 0.387 e. The van der Waals surface area contributed by atoms with Crippen LogP contribution in [0.25, 0.3) is 103 Å². The fourth-order valence-electron chi connectivity index (χ4n) is 11.5. The van der Waals surface area contributed by atoms with Crippen LogP contribution in [0.5, 0.6) is 0 Å². The van der Waals surface area contributed by atoms with Crippen molar-refractivity contribution in [3.63, 3.8) is 0 Å². The molecule has 0 spiro atoms. The molecule has 0 bridgehead atoms. The molecule has 1 N–H and O–H groups in total. The fraction of sp³-hybridized carbons (Fsp3) is 0.143. The van der Waals surface area contributed by atoms with Crippen LogP contribution in [0.1, 0.15) is 81.5 Å². The summed E-state index contributed by atoms with van der Waals surface area (Å²) in [5.74, 6) is 0. The van der Waals surface area contributed by atoms with Crippen LogP contribution in [0.3, 0.4) is 0 Å². The number of hydrogen-bond acceptors (Lipinski definition) is 1. The number of aromatic nitrogens is 3. The van der Waals surface area contributed by atoms with Crippen LogP contribution in [-0.4, -0.2) is 13.7 Å². The summed E-state index contributed by atoms with van der Waals surface area (Å²) in [6, 6.07) is 45.7. The molecule has 12 rings (SSSR count). The molecule has 0 radical (unpaired) electrons. The van der Waals surface area contributed by atoms with Crippen LogP contribution in [0.2, 0.25) is 0 Å². The highest BCUT2D eigenvalue weighted by Gasteiger charge is 2.25. The van der Waals surface area contributed by atoms with Crippen molar-refractivity contribution in [3.05, 3.63) is 214 Å². The van der Waals surface area contributed by atoms with Crippen molar-refractivity contribution >= 4 is 52.2 Å². The van der Waals surface area contributed by atoms with Crippen LogP contribution in [0, 0.1) is 20.8 Å². The minimum atomic E-state index is 0.825. The molecule has 326 valence electrons. The second-order valence-electron chi connectivity index (χ2n) is 18.5. The van der Waals surface area contributed by atoms with E-state index in [4.69, 9.17) is 0 Å². The third-order valence-corrected chi connectivity index (χ3v) is 14.5. The van der Waals surface area contributed by atoms with Gasteiger partial charge in [-0.25, -0.2) is 0 Å². The van der Waals surface area contributed by atoms with E-state index in [-0.39, 0.29) is 0 Å². The summed E-state index contributed by atoms with van der Waals surface area (Å²) in [4.78, 5) is 0. The number of hydrogen-bond donors (Lipinski definition) is 1. The maximum Gasteiger partial charge on any atom is 0.0541 e. The fourth-order valence-corrected chi connectivity index (χ4v) is 11.5. The SMILES string of the molecule is C=Cc1c(/C=C\C)n(-c2ccc(-c3cc(-c4ccc(-n5c6c(c7c5C=CCC7)CCC=C6)cc4C)cc(-c4ccc(-n5c6c(c7ccccc75)CNC=C6)cc4C)c3)c(C)c2)c2ccccc12. The van der Waals surface area contributed by atoms with E-state index in [1.165, 1.54) is 117 Å². The molecule has 4 heteroatoms. The average molecular weight is 867 g/mol. The van der Waals surface area contributed by atoms with Gasteiger partial charge in [-0.05, 0) is 212 Å². The number of para-hydroxylation sites is 2. The van der Waals surface area contributed by atoms with E-state index >= 15 is 0 Å². The van der Waals surface area contributed by atoms with Gasteiger partial charge in [0.25, 0.3) is 0 Å². The lowest BCUT2D eigenvalue weighted by Crippen LogP contribution is -2.11. The molecule has 4 heterocycles. The minimum absolute atomic E-state index is 0.825. The molecule has 3 aliphatic rings. The Morgan fingerprint density at radius 1 is 0.522 bits per heavy atom. The molecule has 0 atom stereocenters. The van der Waals surface area contributed by atoms with Crippen molar-refractivity contribution in [3.8, 4) is 50.4 Å². The molecule has 3 aromatic heterocycles. The van der Waals surface area contributed by atoms with Crippen molar-refractivity contribution in [2.45, 2.75) is 59.9 Å². The highest BCUT2D eigenvalue weighted by atomic mass is 15.0. The minimum Gasteiger partial charge on any atom is -0.387 e. The van der Waals surface area contributed by atoms with Crippen LogP contribution in [0.15, 0.2) is 152 Å². The Bertz CT molecular complexity index is 3600. The van der Waals surface area contributed by atoms with Gasteiger partial charge in [-0.15, -0.1) is 0 Å². The van der Waals surface area contributed by atoms with Gasteiger partial charge in [-0.2, -0.15) is 0 Å². The molecule has 0 amide bonds. The number of rotatable bonds is 8. The molecular formula is C63H54N4. The molecule has 2 aliphatic carbocycles. The monoisotopic (exact) mass is 866 g/mol. The van der Waals surface area contributed by atoms with Crippen molar-refractivity contribution in [1.82, 2.24) is 19.0 Å². The summed E-state index contributed by atoms with van der Waals surface area (Å²) in [6.45, 7) is 13.9. The number of nitrogens with zero attached hydrogens (tertiary/aromatic N) is 3. The van der Waals surface area contributed by atoms with Crippen molar-refractivity contribution in [2.24, 2.45) is 0 Å². The Morgan fingerprint density at radius 3 is 1.55 bits per heavy atom. The molecule has 0 saturated carbocycles. The van der Waals surface area contributed by atoms with E-state index in [0.29, 0.717) is 0 Å². The summed E-state index contributed by atoms with van der Waals surface area (Å²) in [5, 5.41) is 5.94. The zero-order valence-corrected chi connectivity index (χ0v) is 38.8. The zero-order valence-electron chi connectivity index (χ0n) is 38.8. The molecule has 6 aromatic carbocycles. The Morgan fingerprint density at radius 2 is 1.01 bits per heavy atom. The summed E-state index contributed by atoms with van der Waals surface area (Å²) in [7, 11) is 0. The lowest BCUT2D eigenvalue weighted by molar-refractivity contribution is 0.855. The first-order valence-corrected chi connectivity index (χ1v) is 23.9. The van der Waals surface area contributed by atoms with Gasteiger partial charge in [-0.3, -0.25) is 0 Å². The maximum absolute atomic E-state index is 4.22. The van der Waals surface area contributed by atoms with Crippen LogP contribution < -0.4 is 5.32 Å². The third-order valence-electron chi connectivity index (χ3n) is 14.5. The quantitative estimate of drug-likeness (QED) is 0.162. The first-order valence-electron chi connectivity index (χ1n) is 23.9. The summed E-state index contributed by atoms with van der Waals surface area (Å²) in [5.41, 5.74) is 27.6. The van der Waals surface area contributed by atoms with Crippen LogP contribution in [-0.2, 0) is 19.4 Å². The number of allylic oxidation sites excluding steroid dienone is 3. The number of nitrogens with one attached hydrogen (secondary N) is 1. The van der Waals surface area contributed by atoms with Gasteiger partial charge >= 0.3 is 0 Å². The third kappa shape index (κ3) is 6.57. The predicted molar refractivity (Wildman–Crippen MR) is 285 cm³/mol. The molecule has 9 aromatic rings. The first kappa shape index (κ1) is 40.7. The Balaban J connectivity index is 1.01. The lowest BCUT2D eigenvalue weighted by atomic mass is 9.89. The number of fused-ring (bicyclic) bond motifs is 7. The van der Waals surface area contributed by atoms with Gasteiger partial charge in [0.15, 0.2) is 0 Å². The van der Waals surface area contributed by atoms with Gasteiger partial charge in [0.05, 0.1) is 22.4 Å². The lowest BCUT2D eigenvalue weighted by Gasteiger charge is -2.19. The highest BCUT2D eigenvalue weighted by molar-refractivity contribution is 5.96. The molecule has 4 nitrogen and oxygen atoms in total. The van der Waals surface area contributed by atoms with E-state index in [9.17, 15) is 0 Å². The normalized spacial score (nSPS) is 13.9. The van der Waals surface area contributed by atoms with E-state index in [1.807, 2.05) is 6.08 Å². The summed E-state index contributed by atoms with van der Waals surface area (Å²) >= 11 is 0. The smallest absolute Gasteiger partial charge is 0.0541 e. The van der Waals surface area contributed by atoms with Gasteiger partial charge in [0.1, 0.15) is 0 Å². The van der Waals surface area contributed by atoms with Gasteiger partial charge in [0, 0.05) is 56.9 Å². The molecule has 0 fully saturated rings. The second kappa shape index (κ2) is 16.3. The second-order valence-corrected chi connectivity index (χ2v) is 18.5. The Hall–Kier alpha value is -7.82. The van der Waals surface area contributed by atoms with Gasteiger partial charge in [-0.1, -0.05) is 85.5 Å². The Labute approximate surface area is 393 Å². The predicted octanol–water partition coefficient (Wildman–Crippen LogP) is 16.0.